The first kappa shape index (κ1) is 22.4. The van der Waals surface area contributed by atoms with Crippen molar-refractivity contribution in [2.24, 2.45) is 5.10 Å². The van der Waals surface area contributed by atoms with E-state index in [1.54, 1.807) is 14.2 Å². The number of hydrogen-bond acceptors (Lipinski definition) is 7. The molecule has 0 spiro atoms. The molecule has 1 amide bonds. The van der Waals surface area contributed by atoms with Crippen molar-refractivity contribution in [1.82, 2.24) is 20.2 Å². The Kier molecular flexibility index (Phi) is 7.66. The van der Waals surface area contributed by atoms with Gasteiger partial charge in [-0.25, -0.2) is 5.43 Å². The minimum atomic E-state index is -0.213. The molecule has 0 bridgehead atoms. The lowest BCUT2D eigenvalue weighted by atomic mass is 10.1. The zero-order chi connectivity index (χ0) is 22.2. The number of nitrogens with zero attached hydrogens (tertiary/aromatic N) is 4. The summed E-state index contributed by atoms with van der Waals surface area (Å²) in [6.45, 7) is 4.54. The average Bonchev–Trinajstić information content (AvgIpc) is 3.24. The molecule has 0 radical (unpaired) electrons. The Hall–Kier alpha value is -3.33. The monoisotopic (exact) mass is 439 g/mol. The van der Waals surface area contributed by atoms with Gasteiger partial charge in [0.25, 0.3) is 5.91 Å². The molecule has 31 heavy (non-hydrogen) atoms. The molecule has 3 aromatic rings. The van der Waals surface area contributed by atoms with Gasteiger partial charge in [0.1, 0.15) is 11.5 Å². The van der Waals surface area contributed by atoms with Crippen LogP contribution < -0.4 is 14.9 Å². The number of carbonyl (C=O) groups is 1. The highest BCUT2D eigenvalue weighted by atomic mass is 32.2. The third-order valence-corrected chi connectivity index (χ3v) is 5.54. The first-order valence-corrected chi connectivity index (χ1v) is 10.7. The molecule has 0 aliphatic rings. The lowest BCUT2D eigenvalue weighted by Crippen LogP contribution is -2.21. The molecule has 8 nitrogen and oxygen atoms in total. The van der Waals surface area contributed by atoms with Gasteiger partial charge in [-0.15, -0.1) is 10.2 Å². The Balaban J connectivity index is 1.61. The van der Waals surface area contributed by atoms with Gasteiger partial charge in [-0.3, -0.25) is 4.79 Å². The van der Waals surface area contributed by atoms with E-state index in [0.29, 0.717) is 17.4 Å². The predicted octanol–water partition coefficient (Wildman–Crippen LogP) is 3.61. The minimum absolute atomic E-state index is 0.181. The van der Waals surface area contributed by atoms with Crippen LogP contribution in [0.1, 0.15) is 19.4 Å². The molecule has 0 aliphatic heterocycles. The summed E-state index contributed by atoms with van der Waals surface area (Å²) in [6, 6.07) is 15.1. The van der Waals surface area contributed by atoms with Crippen LogP contribution in [-0.2, 0) is 11.3 Å². The lowest BCUT2D eigenvalue weighted by molar-refractivity contribution is -0.118. The van der Waals surface area contributed by atoms with Crippen molar-refractivity contribution < 1.29 is 14.3 Å². The van der Waals surface area contributed by atoms with Gasteiger partial charge >= 0.3 is 0 Å². The molecular formula is C22H25N5O3S. The summed E-state index contributed by atoms with van der Waals surface area (Å²) < 4.78 is 12.3. The van der Waals surface area contributed by atoms with E-state index in [1.165, 1.54) is 11.8 Å². The van der Waals surface area contributed by atoms with Crippen molar-refractivity contribution in [1.29, 1.82) is 0 Å². The van der Waals surface area contributed by atoms with Crippen LogP contribution in [0, 0.1) is 0 Å². The maximum atomic E-state index is 12.3. The number of thioether (sulfide) groups is 1. The number of ether oxygens (including phenoxy) is 2. The predicted molar refractivity (Wildman–Crippen MR) is 122 cm³/mol. The highest BCUT2D eigenvalue weighted by Crippen LogP contribution is 2.25. The zero-order valence-corrected chi connectivity index (χ0v) is 18.8. The second kappa shape index (κ2) is 10.6. The molecule has 1 heterocycles. The maximum Gasteiger partial charge on any atom is 0.250 e. The van der Waals surface area contributed by atoms with Crippen LogP contribution >= 0.6 is 11.8 Å². The van der Waals surface area contributed by atoms with Gasteiger partial charge in [0.05, 0.1) is 25.7 Å². The van der Waals surface area contributed by atoms with Crippen molar-refractivity contribution in [3.05, 3.63) is 54.1 Å². The second-order valence-electron chi connectivity index (χ2n) is 6.53. The average molecular weight is 440 g/mol. The summed E-state index contributed by atoms with van der Waals surface area (Å²) in [5, 5.41) is 13.4. The van der Waals surface area contributed by atoms with E-state index in [0.717, 1.165) is 28.5 Å². The molecule has 0 fully saturated rings. The summed E-state index contributed by atoms with van der Waals surface area (Å²) in [4.78, 5) is 12.3. The first-order chi connectivity index (χ1) is 15.0. The van der Waals surface area contributed by atoms with E-state index in [1.807, 2.05) is 66.9 Å². The van der Waals surface area contributed by atoms with Crippen LogP contribution in [0.4, 0.5) is 0 Å². The van der Waals surface area contributed by atoms with Gasteiger partial charge in [0.2, 0.25) is 0 Å². The molecule has 3 rings (SSSR count). The third kappa shape index (κ3) is 5.64. The second-order valence-corrected chi connectivity index (χ2v) is 7.47. The van der Waals surface area contributed by atoms with Gasteiger partial charge in [-0.2, -0.15) is 5.10 Å². The topological polar surface area (TPSA) is 90.6 Å². The largest absolute Gasteiger partial charge is 0.497 e. The Morgan fingerprint density at radius 3 is 2.23 bits per heavy atom. The van der Waals surface area contributed by atoms with Crippen LogP contribution in [0.2, 0.25) is 0 Å². The number of hydrazone groups is 1. The number of aromatic nitrogens is 3. The van der Waals surface area contributed by atoms with Crippen molar-refractivity contribution in [3.63, 3.8) is 0 Å². The van der Waals surface area contributed by atoms with E-state index in [4.69, 9.17) is 9.47 Å². The van der Waals surface area contributed by atoms with Gasteiger partial charge in [0.15, 0.2) is 11.0 Å². The van der Waals surface area contributed by atoms with Crippen molar-refractivity contribution >= 4 is 23.4 Å². The van der Waals surface area contributed by atoms with Crippen molar-refractivity contribution in [2.75, 3.05) is 20.0 Å². The molecule has 0 atom stereocenters. The zero-order valence-electron chi connectivity index (χ0n) is 18.0. The molecule has 0 saturated carbocycles. The van der Waals surface area contributed by atoms with Crippen LogP contribution in [0.25, 0.3) is 11.4 Å². The number of benzene rings is 2. The fourth-order valence-electron chi connectivity index (χ4n) is 2.84. The maximum absolute atomic E-state index is 12.3. The summed E-state index contributed by atoms with van der Waals surface area (Å²) in [6.07, 6.45) is 0. The van der Waals surface area contributed by atoms with E-state index in [9.17, 15) is 4.79 Å². The third-order valence-electron chi connectivity index (χ3n) is 4.57. The molecule has 0 aliphatic carbocycles. The highest BCUT2D eigenvalue weighted by Gasteiger charge is 2.14. The fraction of sp³-hybridized carbons (Fsp3) is 0.273. The fourth-order valence-corrected chi connectivity index (χ4v) is 3.63. The van der Waals surface area contributed by atoms with E-state index < -0.39 is 0 Å². The molecule has 1 aromatic heterocycles. The summed E-state index contributed by atoms with van der Waals surface area (Å²) >= 11 is 1.32. The summed E-state index contributed by atoms with van der Waals surface area (Å²) in [5.74, 6) is 2.27. The molecule has 0 saturated heterocycles. The van der Waals surface area contributed by atoms with Crippen molar-refractivity contribution in [3.8, 4) is 22.9 Å². The van der Waals surface area contributed by atoms with E-state index in [-0.39, 0.29) is 11.7 Å². The molecule has 2 aromatic carbocycles. The number of methoxy groups -OCH3 is 2. The SMILES string of the molecule is CCn1c(SCC(=O)NN=C(C)c2ccc(OC)cc2)nnc1-c1ccc(OC)cc1. The van der Waals surface area contributed by atoms with Crippen molar-refractivity contribution in [2.45, 2.75) is 25.5 Å². The summed E-state index contributed by atoms with van der Waals surface area (Å²) in [5.41, 5.74) is 5.14. The van der Waals surface area contributed by atoms with E-state index in [2.05, 4.69) is 20.7 Å². The Morgan fingerprint density at radius 1 is 1.03 bits per heavy atom. The number of hydrogen-bond donors (Lipinski definition) is 1. The standard InChI is InChI=1S/C22H25N5O3S/c1-5-27-21(17-8-12-19(30-4)13-9-17)25-26-22(27)31-14-20(28)24-23-15(2)16-6-10-18(29-3)11-7-16/h6-13H,5,14H2,1-4H3,(H,24,28). The van der Waals surface area contributed by atoms with Crippen LogP contribution in [-0.4, -0.2) is 46.4 Å². The summed E-state index contributed by atoms with van der Waals surface area (Å²) in [7, 11) is 3.25. The Labute approximate surface area is 185 Å². The van der Waals surface area contributed by atoms with Crippen LogP contribution in [0.5, 0.6) is 11.5 Å². The van der Waals surface area contributed by atoms with Gasteiger partial charge in [-0.05, 0) is 67.9 Å². The number of nitrogens with one attached hydrogen (secondary N) is 1. The lowest BCUT2D eigenvalue weighted by Gasteiger charge is -2.08. The smallest absolute Gasteiger partial charge is 0.250 e. The first-order valence-electron chi connectivity index (χ1n) is 9.73. The van der Waals surface area contributed by atoms with Crippen LogP contribution in [0.3, 0.4) is 0 Å². The normalized spacial score (nSPS) is 11.3. The number of amides is 1. The Bertz CT molecular complexity index is 1050. The number of rotatable bonds is 9. The van der Waals surface area contributed by atoms with E-state index >= 15 is 0 Å². The molecule has 162 valence electrons. The molecule has 9 heteroatoms. The van der Waals surface area contributed by atoms with Crippen LogP contribution in [0.15, 0.2) is 58.8 Å². The quantitative estimate of drug-likeness (QED) is 0.311. The Morgan fingerprint density at radius 2 is 1.65 bits per heavy atom. The minimum Gasteiger partial charge on any atom is -0.497 e. The highest BCUT2D eigenvalue weighted by molar-refractivity contribution is 7.99. The molecule has 1 N–H and O–H groups in total. The molecule has 0 unspecified atom stereocenters. The van der Waals surface area contributed by atoms with Gasteiger partial charge in [0, 0.05) is 12.1 Å². The number of carbonyl (C=O) groups excluding carboxylic acids is 1. The van der Waals surface area contributed by atoms with Gasteiger partial charge in [-0.1, -0.05) is 11.8 Å². The molecular weight excluding hydrogens is 414 g/mol. The van der Waals surface area contributed by atoms with Gasteiger partial charge < -0.3 is 14.0 Å².